The molecular weight excluding hydrogens is 311 g/mol. The van der Waals surface area contributed by atoms with Crippen molar-refractivity contribution in [1.82, 2.24) is 30.6 Å². The van der Waals surface area contributed by atoms with Gasteiger partial charge < -0.3 is 4.52 Å². The molecule has 8 heteroatoms. The standard InChI is InChI=1S/C16H19FN6O/c1-9(2)13(20-10(3)11-5-4-6-12(17)7-11)16-21-15(23-24-16)14-18-8-19-22-14/h4-10,13,20H,1-3H3,(H,18,19,22)/t10-,13+/m1/s1. The van der Waals surface area contributed by atoms with Gasteiger partial charge in [0.05, 0.1) is 6.04 Å². The van der Waals surface area contributed by atoms with Crippen LogP contribution in [0.3, 0.4) is 0 Å². The van der Waals surface area contributed by atoms with Crippen molar-refractivity contribution < 1.29 is 8.91 Å². The molecule has 3 aromatic rings. The van der Waals surface area contributed by atoms with Crippen LogP contribution in [0.1, 0.15) is 44.3 Å². The number of hydrogen-bond acceptors (Lipinski definition) is 6. The van der Waals surface area contributed by atoms with E-state index < -0.39 is 0 Å². The Morgan fingerprint density at radius 1 is 1.25 bits per heavy atom. The number of H-pyrrole nitrogens is 1. The van der Waals surface area contributed by atoms with E-state index in [1.54, 1.807) is 6.07 Å². The first-order chi connectivity index (χ1) is 11.5. The summed E-state index contributed by atoms with van der Waals surface area (Å²) in [5.41, 5.74) is 0.857. The molecule has 0 saturated heterocycles. The third kappa shape index (κ3) is 3.48. The first-order valence-corrected chi connectivity index (χ1v) is 7.75. The van der Waals surface area contributed by atoms with Gasteiger partial charge in [0.2, 0.25) is 11.7 Å². The lowest BCUT2D eigenvalue weighted by atomic mass is 10.0. The van der Waals surface area contributed by atoms with Crippen LogP contribution in [0.15, 0.2) is 35.1 Å². The number of rotatable bonds is 6. The van der Waals surface area contributed by atoms with E-state index in [1.165, 1.54) is 18.5 Å². The third-order valence-electron chi connectivity index (χ3n) is 3.78. The molecule has 2 N–H and O–H groups in total. The van der Waals surface area contributed by atoms with Crippen molar-refractivity contribution in [3.8, 4) is 11.6 Å². The lowest BCUT2D eigenvalue weighted by molar-refractivity contribution is 0.274. The maximum atomic E-state index is 13.4. The number of nitrogens with one attached hydrogen (secondary N) is 2. The number of aromatic nitrogens is 5. The second kappa shape index (κ2) is 6.88. The highest BCUT2D eigenvalue weighted by Crippen LogP contribution is 2.26. The van der Waals surface area contributed by atoms with Gasteiger partial charge in [-0.1, -0.05) is 31.1 Å². The van der Waals surface area contributed by atoms with E-state index in [-0.39, 0.29) is 23.8 Å². The predicted molar refractivity (Wildman–Crippen MR) is 85.2 cm³/mol. The summed E-state index contributed by atoms with van der Waals surface area (Å²) in [5, 5.41) is 13.8. The number of hydrogen-bond donors (Lipinski definition) is 2. The van der Waals surface area contributed by atoms with Gasteiger partial charge in [-0.2, -0.15) is 10.1 Å². The molecule has 0 saturated carbocycles. The lowest BCUT2D eigenvalue weighted by Crippen LogP contribution is -2.28. The largest absolute Gasteiger partial charge is 0.337 e. The minimum absolute atomic E-state index is 0.0753. The summed E-state index contributed by atoms with van der Waals surface area (Å²) in [7, 11) is 0. The summed E-state index contributed by atoms with van der Waals surface area (Å²) < 4.78 is 18.8. The van der Waals surface area contributed by atoms with Gasteiger partial charge in [0.25, 0.3) is 0 Å². The van der Waals surface area contributed by atoms with Crippen molar-refractivity contribution in [2.75, 3.05) is 0 Å². The summed E-state index contributed by atoms with van der Waals surface area (Å²) in [4.78, 5) is 8.40. The Hall–Kier alpha value is -2.61. The highest BCUT2D eigenvalue weighted by molar-refractivity contribution is 5.39. The second-order valence-corrected chi connectivity index (χ2v) is 5.96. The van der Waals surface area contributed by atoms with Crippen LogP contribution < -0.4 is 5.32 Å². The van der Waals surface area contributed by atoms with E-state index >= 15 is 0 Å². The Labute approximate surface area is 138 Å². The van der Waals surface area contributed by atoms with Crippen molar-refractivity contribution in [2.24, 2.45) is 5.92 Å². The average molecular weight is 330 g/mol. The van der Waals surface area contributed by atoms with E-state index in [1.807, 2.05) is 26.8 Å². The monoisotopic (exact) mass is 330 g/mol. The molecule has 126 valence electrons. The molecule has 7 nitrogen and oxygen atoms in total. The third-order valence-corrected chi connectivity index (χ3v) is 3.78. The quantitative estimate of drug-likeness (QED) is 0.721. The first-order valence-electron chi connectivity index (χ1n) is 7.75. The number of benzene rings is 1. The fourth-order valence-electron chi connectivity index (χ4n) is 2.46. The van der Waals surface area contributed by atoms with E-state index in [2.05, 4.69) is 30.6 Å². The summed E-state index contributed by atoms with van der Waals surface area (Å²) >= 11 is 0. The molecule has 0 spiro atoms. The van der Waals surface area contributed by atoms with E-state index in [4.69, 9.17) is 4.52 Å². The van der Waals surface area contributed by atoms with Crippen LogP contribution in [0.25, 0.3) is 11.6 Å². The summed E-state index contributed by atoms with van der Waals surface area (Å²) in [6.45, 7) is 6.07. The van der Waals surface area contributed by atoms with Crippen LogP contribution >= 0.6 is 0 Å². The molecule has 24 heavy (non-hydrogen) atoms. The normalized spacial score (nSPS) is 14.0. The molecule has 0 aliphatic heterocycles. The SMILES string of the molecule is CC(C)[C@H](N[C@H](C)c1cccc(F)c1)c1nc(-c2ncn[nH]2)no1. The maximum absolute atomic E-state index is 13.4. The van der Waals surface area contributed by atoms with Crippen LogP contribution in [0, 0.1) is 11.7 Å². The Kier molecular flexibility index (Phi) is 4.66. The zero-order valence-corrected chi connectivity index (χ0v) is 13.7. The van der Waals surface area contributed by atoms with E-state index in [0.29, 0.717) is 17.5 Å². The van der Waals surface area contributed by atoms with Crippen LogP contribution in [0.4, 0.5) is 4.39 Å². The molecule has 0 radical (unpaired) electrons. The number of halogens is 1. The topological polar surface area (TPSA) is 92.5 Å². The molecule has 0 aliphatic rings. The Balaban J connectivity index is 1.80. The number of aromatic amines is 1. The van der Waals surface area contributed by atoms with Crippen molar-refractivity contribution in [3.05, 3.63) is 47.9 Å². The van der Waals surface area contributed by atoms with Gasteiger partial charge >= 0.3 is 0 Å². The fraction of sp³-hybridized carbons (Fsp3) is 0.375. The van der Waals surface area contributed by atoms with Gasteiger partial charge in [-0.3, -0.25) is 10.4 Å². The van der Waals surface area contributed by atoms with Crippen molar-refractivity contribution >= 4 is 0 Å². The van der Waals surface area contributed by atoms with Gasteiger partial charge in [0.15, 0.2) is 5.82 Å². The molecule has 0 fully saturated rings. The molecule has 2 heterocycles. The Morgan fingerprint density at radius 2 is 2.08 bits per heavy atom. The van der Waals surface area contributed by atoms with Crippen molar-refractivity contribution in [1.29, 1.82) is 0 Å². The van der Waals surface area contributed by atoms with Crippen LogP contribution in [0.2, 0.25) is 0 Å². The van der Waals surface area contributed by atoms with Crippen LogP contribution in [-0.2, 0) is 0 Å². The number of nitrogens with zero attached hydrogens (tertiary/aromatic N) is 4. The van der Waals surface area contributed by atoms with Gasteiger partial charge in [0, 0.05) is 6.04 Å². The molecule has 0 unspecified atom stereocenters. The molecule has 1 aromatic carbocycles. The smallest absolute Gasteiger partial charge is 0.244 e. The average Bonchev–Trinajstić information content (AvgIpc) is 3.23. The molecule has 2 aromatic heterocycles. The molecule has 2 atom stereocenters. The zero-order chi connectivity index (χ0) is 17.1. The first kappa shape index (κ1) is 16.3. The van der Waals surface area contributed by atoms with Gasteiger partial charge in [0.1, 0.15) is 12.1 Å². The molecule has 0 aliphatic carbocycles. The second-order valence-electron chi connectivity index (χ2n) is 5.96. The lowest BCUT2D eigenvalue weighted by Gasteiger charge is -2.23. The molecule has 0 bridgehead atoms. The Bertz CT molecular complexity index is 785. The van der Waals surface area contributed by atoms with Gasteiger partial charge in [-0.05, 0) is 30.5 Å². The summed E-state index contributed by atoms with van der Waals surface area (Å²) in [6.07, 6.45) is 1.38. The molecular formula is C16H19FN6O. The molecule has 3 rings (SSSR count). The van der Waals surface area contributed by atoms with Crippen molar-refractivity contribution in [3.63, 3.8) is 0 Å². The Morgan fingerprint density at radius 3 is 2.75 bits per heavy atom. The zero-order valence-electron chi connectivity index (χ0n) is 13.7. The van der Waals surface area contributed by atoms with Crippen LogP contribution in [0.5, 0.6) is 0 Å². The van der Waals surface area contributed by atoms with E-state index in [0.717, 1.165) is 5.56 Å². The molecule has 0 amide bonds. The summed E-state index contributed by atoms with van der Waals surface area (Å²) in [5.74, 6) is 1.20. The van der Waals surface area contributed by atoms with E-state index in [9.17, 15) is 4.39 Å². The predicted octanol–water partition coefficient (Wildman–Crippen LogP) is 3.04. The maximum Gasteiger partial charge on any atom is 0.244 e. The van der Waals surface area contributed by atoms with Gasteiger partial charge in [-0.25, -0.2) is 9.37 Å². The minimum Gasteiger partial charge on any atom is -0.337 e. The van der Waals surface area contributed by atoms with Gasteiger partial charge in [-0.15, -0.1) is 0 Å². The summed E-state index contributed by atoms with van der Waals surface area (Å²) in [6, 6.07) is 6.27. The van der Waals surface area contributed by atoms with Crippen molar-refractivity contribution in [2.45, 2.75) is 32.9 Å². The highest BCUT2D eigenvalue weighted by Gasteiger charge is 2.25. The van der Waals surface area contributed by atoms with Crippen LogP contribution in [-0.4, -0.2) is 25.3 Å². The fourth-order valence-corrected chi connectivity index (χ4v) is 2.46. The minimum atomic E-state index is -0.257. The highest BCUT2D eigenvalue weighted by atomic mass is 19.1.